The van der Waals surface area contributed by atoms with Gasteiger partial charge >= 0.3 is 0 Å². The van der Waals surface area contributed by atoms with Gasteiger partial charge in [-0.05, 0) is 24.5 Å². The van der Waals surface area contributed by atoms with E-state index in [9.17, 15) is 14.9 Å². The number of nitrogens with one attached hydrogen (secondary N) is 1. The van der Waals surface area contributed by atoms with Gasteiger partial charge in [-0.2, -0.15) is 0 Å². The Morgan fingerprint density at radius 2 is 2.12 bits per heavy atom. The predicted molar refractivity (Wildman–Crippen MR) is 101 cm³/mol. The summed E-state index contributed by atoms with van der Waals surface area (Å²) in [5.74, 6) is 0.746. The van der Waals surface area contributed by atoms with Crippen molar-refractivity contribution in [2.24, 2.45) is 5.92 Å². The van der Waals surface area contributed by atoms with Gasteiger partial charge in [0, 0.05) is 0 Å². The molecule has 0 unspecified atom stereocenters. The summed E-state index contributed by atoms with van der Waals surface area (Å²) in [5.41, 5.74) is 0.0828. The van der Waals surface area contributed by atoms with Crippen LogP contribution >= 0.6 is 24.0 Å². The number of carbonyl (C=O) groups excluding carboxylic acids is 1. The molecule has 25 heavy (non-hydrogen) atoms. The normalized spacial score (nSPS) is 15.6. The quantitative estimate of drug-likeness (QED) is 0.334. The molecule has 1 heterocycles. The Morgan fingerprint density at radius 1 is 1.40 bits per heavy atom. The van der Waals surface area contributed by atoms with Crippen molar-refractivity contribution in [2.45, 2.75) is 20.3 Å². The number of amides is 1. The van der Waals surface area contributed by atoms with Gasteiger partial charge in [-0.1, -0.05) is 37.8 Å². The summed E-state index contributed by atoms with van der Waals surface area (Å²) in [5, 5.41) is 13.9. The lowest BCUT2D eigenvalue weighted by Gasteiger charge is -2.13. The Kier molecular flexibility index (Phi) is 6.38. The van der Waals surface area contributed by atoms with Crippen LogP contribution in [0, 0.1) is 16.0 Å². The minimum Gasteiger partial charge on any atom is -0.493 e. The number of hydrogen-bond acceptors (Lipinski definition) is 7. The minimum absolute atomic E-state index is 0.168. The molecule has 0 bridgehead atoms. The first-order chi connectivity index (χ1) is 11.8. The molecular formula is C16H18N2O5S2. The molecule has 0 atom stereocenters. The van der Waals surface area contributed by atoms with Gasteiger partial charge in [-0.15, -0.1) is 0 Å². The van der Waals surface area contributed by atoms with E-state index in [1.54, 1.807) is 0 Å². The van der Waals surface area contributed by atoms with Crippen molar-refractivity contribution in [3.63, 3.8) is 0 Å². The molecule has 1 amide bonds. The van der Waals surface area contributed by atoms with Crippen LogP contribution in [0.4, 0.5) is 5.69 Å². The fourth-order valence-electron chi connectivity index (χ4n) is 2.08. The second kappa shape index (κ2) is 8.30. The first kappa shape index (κ1) is 19.2. The monoisotopic (exact) mass is 382 g/mol. The zero-order valence-electron chi connectivity index (χ0n) is 14.0. The number of carbonyl (C=O) groups is 1. The maximum absolute atomic E-state index is 11.8. The number of rotatable bonds is 7. The molecule has 0 aliphatic carbocycles. The molecule has 9 heteroatoms. The van der Waals surface area contributed by atoms with Crippen molar-refractivity contribution in [2.75, 3.05) is 13.7 Å². The second-order valence-corrected chi connectivity index (χ2v) is 7.42. The smallest absolute Gasteiger partial charge is 0.280 e. The van der Waals surface area contributed by atoms with Crippen LogP contribution in [0.3, 0.4) is 0 Å². The number of nitro groups is 1. The van der Waals surface area contributed by atoms with E-state index in [1.807, 2.05) is 0 Å². The van der Waals surface area contributed by atoms with Crippen molar-refractivity contribution in [1.82, 2.24) is 5.32 Å². The summed E-state index contributed by atoms with van der Waals surface area (Å²) in [4.78, 5) is 23.0. The molecule has 7 nitrogen and oxygen atoms in total. The highest BCUT2D eigenvalue weighted by Crippen LogP contribution is 2.37. The molecule has 1 N–H and O–H groups in total. The average Bonchev–Trinajstić information content (AvgIpc) is 2.85. The van der Waals surface area contributed by atoms with Gasteiger partial charge in [0.05, 0.1) is 35.2 Å². The van der Waals surface area contributed by atoms with Crippen LogP contribution in [0.5, 0.6) is 11.5 Å². The van der Waals surface area contributed by atoms with E-state index >= 15 is 0 Å². The third kappa shape index (κ3) is 4.93. The molecule has 1 saturated heterocycles. The molecular weight excluding hydrogens is 364 g/mol. The van der Waals surface area contributed by atoms with E-state index in [1.165, 1.54) is 25.3 Å². The number of ether oxygens (including phenoxy) is 2. The van der Waals surface area contributed by atoms with Gasteiger partial charge in [0.1, 0.15) is 4.32 Å². The topological polar surface area (TPSA) is 90.7 Å². The molecule has 2 rings (SSSR count). The molecule has 1 fully saturated rings. The van der Waals surface area contributed by atoms with E-state index in [4.69, 9.17) is 21.7 Å². The van der Waals surface area contributed by atoms with Crippen LogP contribution in [-0.2, 0) is 4.79 Å². The summed E-state index contributed by atoms with van der Waals surface area (Å²) >= 11 is 5.98. The Hall–Kier alpha value is -2.13. The lowest BCUT2D eigenvalue weighted by atomic mass is 10.1. The van der Waals surface area contributed by atoms with Gasteiger partial charge < -0.3 is 14.8 Å². The number of thioether (sulfide) groups is 1. The molecule has 0 saturated carbocycles. The van der Waals surface area contributed by atoms with Crippen LogP contribution < -0.4 is 14.8 Å². The summed E-state index contributed by atoms with van der Waals surface area (Å²) in [6.07, 6.45) is 2.24. The molecule has 1 aliphatic heterocycles. The highest BCUT2D eigenvalue weighted by Gasteiger charge is 2.25. The lowest BCUT2D eigenvalue weighted by Crippen LogP contribution is -2.17. The number of nitrogens with zero attached hydrogens (tertiary/aromatic N) is 1. The zero-order chi connectivity index (χ0) is 18.6. The van der Waals surface area contributed by atoms with Crippen molar-refractivity contribution in [3.05, 3.63) is 32.7 Å². The Morgan fingerprint density at radius 3 is 2.64 bits per heavy atom. The Labute approximate surface area is 154 Å². The van der Waals surface area contributed by atoms with E-state index in [0.717, 1.165) is 18.2 Å². The van der Waals surface area contributed by atoms with Crippen LogP contribution in [0.15, 0.2) is 17.0 Å². The molecule has 0 aromatic heterocycles. The average molecular weight is 382 g/mol. The molecule has 1 aromatic rings. The number of thiocarbonyl (C=S) groups is 1. The predicted octanol–water partition coefficient (Wildman–Crippen LogP) is 3.52. The van der Waals surface area contributed by atoms with Gasteiger partial charge in [0.2, 0.25) is 0 Å². The third-order valence-electron chi connectivity index (χ3n) is 3.39. The van der Waals surface area contributed by atoms with E-state index in [-0.39, 0.29) is 17.2 Å². The molecule has 0 spiro atoms. The molecule has 1 aromatic carbocycles. The minimum atomic E-state index is -0.517. The Bertz CT molecular complexity index is 746. The van der Waals surface area contributed by atoms with E-state index in [0.29, 0.717) is 33.2 Å². The number of benzene rings is 1. The van der Waals surface area contributed by atoms with Crippen molar-refractivity contribution >= 4 is 46.0 Å². The largest absolute Gasteiger partial charge is 0.493 e. The summed E-state index contributed by atoms with van der Waals surface area (Å²) < 4.78 is 11.2. The lowest BCUT2D eigenvalue weighted by molar-refractivity contribution is -0.385. The fraction of sp³-hybridized carbons (Fsp3) is 0.375. The van der Waals surface area contributed by atoms with Gasteiger partial charge in [0.15, 0.2) is 11.5 Å². The second-order valence-electron chi connectivity index (χ2n) is 5.70. The molecule has 134 valence electrons. The van der Waals surface area contributed by atoms with Crippen LogP contribution in [0.25, 0.3) is 6.08 Å². The maximum atomic E-state index is 11.8. The SMILES string of the molecule is COc1cc(C=C2SC(=S)NC2=O)c([N+](=O)[O-])cc1OCCC(C)C. The van der Waals surface area contributed by atoms with Crippen LogP contribution in [-0.4, -0.2) is 28.9 Å². The van der Waals surface area contributed by atoms with Crippen molar-refractivity contribution in [1.29, 1.82) is 0 Å². The standard InChI is InChI=1S/C16H18N2O5S2/c1-9(2)4-5-23-13-8-11(18(20)21)10(6-12(13)22-3)7-14-15(19)17-16(24)25-14/h6-9H,4-5H2,1-3H3,(H,17,19,24). The fourth-order valence-corrected chi connectivity index (χ4v) is 3.11. The van der Waals surface area contributed by atoms with Gasteiger partial charge in [-0.3, -0.25) is 14.9 Å². The highest BCUT2D eigenvalue weighted by molar-refractivity contribution is 8.26. The number of hydrogen-bond donors (Lipinski definition) is 1. The van der Waals surface area contributed by atoms with Crippen LogP contribution in [0.1, 0.15) is 25.8 Å². The number of methoxy groups -OCH3 is 1. The summed E-state index contributed by atoms with van der Waals surface area (Å²) in [7, 11) is 1.46. The highest BCUT2D eigenvalue weighted by atomic mass is 32.2. The first-order valence-electron chi connectivity index (χ1n) is 7.56. The summed E-state index contributed by atoms with van der Waals surface area (Å²) in [6.45, 7) is 4.55. The zero-order valence-corrected chi connectivity index (χ0v) is 15.7. The van der Waals surface area contributed by atoms with Gasteiger partial charge in [-0.25, -0.2) is 0 Å². The van der Waals surface area contributed by atoms with E-state index < -0.39 is 4.92 Å². The van der Waals surface area contributed by atoms with E-state index in [2.05, 4.69) is 19.2 Å². The molecule has 0 radical (unpaired) electrons. The van der Waals surface area contributed by atoms with Crippen molar-refractivity contribution < 1.29 is 19.2 Å². The number of nitro benzene ring substituents is 1. The van der Waals surface area contributed by atoms with Crippen molar-refractivity contribution in [3.8, 4) is 11.5 Å². The summed E-state index contributed by atoms with van der Waals surface area (Å²) in [6, 6.07) is 2.81. The molecule has 1 aliphatic rings. The van der Waals surface area contributed by atoms with Crippen LogP contribution in [0.2, 0.25) is 0 Å². The first-order valence-corrected chi connectivity index (χ1v) is 8.78. The van der Waals surface area contributed by atoms with Gasteiger partial charge in [0.25, 0.3) is 11.6 Å². The maximum Gasteiger partial charge on any atom is 0.280 e. The third-order valence-corrected chi connectivity index (χ3v) is 4.55. The Balaban J connectivity index is 2.39.